The summed E-state index contributed by atoms with van der Waals surface area (Å²) in [6.07, 6.45) is 1.77. The molecule has 1 rings (SSSR count). The molecule has 0 atom stereocenters. The molecule has 0 aliphatic carbocycles. The van der Waals surface area contributed by atoms with Gasteiger partial charge in [-0.15, -0.1) is 6.58 Å². The van der Waals surface area contributed by atoms with Crippen LogP contribution in [-0.4, -0.2) is 6.54 Å². The van der Waals surface area contributed by atoms with Crippen molar-refractivity contribution in [2.45, 2.75) is 6.92 Å². The molecule has 0 heterocycles. The highest BCUT2D eigenvalue weighted by atomic mass is 14.9. The number of hydrogen-bond donors (Lipinski definition) is 1. The first-order valence-corrected chi connectivity index (χ1v) is 4.13. The summed E-state index contributed by atoms with van der Waals surface area (Å²) < 4.78 is 0. The fraction of sp³-hybridized carbons (Fsp3) is 0.182. The number of nitriles is 1. The van der Waals surface area contributed by atoms with Crippen LogP contribution in [0, 0.1) is 18.3 Å². The minimum atomic E-state index is 0.674. The minimum Gasteiger partial charge on any atom is -0.381 e. The smallest absolute Gasteiger partial charge is 0.101 e. The van der Waals surface area contributed by atoms with E-state index in [9.17, 15) is 0 Å². The van der Waals surface area contributed by atoms with Crippen LogP contribution in [0.4, 0.5) is 5.69 Å². The van der Waals surface area contributed by atoms with Gasteiger partial charge in [-0.3, -0.25) is 0 Å². The summed E-state index contributed by atoms with van der Waals surface area (Å²) in [6, 6.07) is 7.84. The van der Waals surface area contributed by atoms with E-state index in [1.165, 1.54) is 0 Å². The van der Waals surface area contributed by atoms with Crippen LogP contribution < -0.4 is 5.32 Å². The molecule has 0 amide bonds. The van der Waals surface area contributed by atoms with E-state index in [1.807, 2.05) is 25.1 Å². The monoisotopic (exact) mass is 172 g/mol. The predicted molar refractivity (Wildman–Crippen MR) is 54.6 cm³/mol. The Morgan fingerprint density at radius 1 is 1.62 bits per heavy atom. The number of nitrogens with zero attached hydrogens (tertiary/aromatic N) is 1. The molecule has 0 spiro atoms. The summed E-state index contributed by atoms with van der Waals surface area (Å²) in [7, 11) is 0. The Balaban J connectivity index is 2.95. The molecule has 2 heteroatoms. The molecule has 2 nitrogen and oxygen atoms in total. The average Bonchev–Trinajstić information content (AvgIpc) is 2.15. The second-order valence-corrected chi connectivity index (χ2v) is 2.83. The van der Waals surface area contributed by atoms with E-state index in [0.29, 0.717) is 12.1 Å². The number of anilines is 1. The third kappa shape index (κ3) is 2.34. The van der Waals surface area contributed by atoms with Crippen molar-refractivity contribution in [2.24, 2.45) is 0 Å². The Morgan fingerprint density at radius 2 is 2.38 bits per heavy atom. The highest BCUT2D eigenvalue weighted by molar-refractivity contribution is 5.58. The van der Waals surface area contributed by atoms with Crippen molar-refractivity contribution < 1.29 is 0 Å². The normalized spacial score (nSPS) is 8.92. The van der Waals surface area contributed by atoms with Crippen molar-refractivity contribution in [3.05, 3.63) is 42.0 Å². The van der Waals surface area contributed by atoms with Gasteiger partial charge in [-0.25, -0.2) is 0 Å². The predicted octanol–water partition coefficient (Wildman–Crippen LogP) is 2.46. The number of hydrogen-bond acceptors (Lipinski definition) is 2. The summed E-state index contributed by atoms with van der Waals surface area (Å²) in [6.45, 7) is 6.29. The van der Waals surface area contributed by atoms with Gasteiger partial charge >= 0.3 is 0 Å². The van der Waals surface area contributed by atoms with Crippen molar-refractivity contribution >= 4 is 5.69 Å². The standard InChI is InChI=1S/C11H12N2/c1-3-6-13-11-7-9(2)4-5-10(11)8-12/h3-5,7,13H,1,6H2,2H3. The fourth-order valence-electron chi connectivity index (χ4n) is 1.08. The van der Waals surface area contributed by atoms with E-state index in [4.69, 9.17) is 5.26 Å². The molecule has 1 aromatic carbocycles. The second-order valence-electron chi connectivity index (χ2n) is 2.83. The molecule has 0 unspecified atom stereocenters. The fourth-order valence-corrected chi connectivity index (χ4v) is 1.08. The van der Waals surface area contributed by atoms with Gasteiger partial charge in [0.2, 0.25) is 0 Å². The van der Waals surface area contributed by atoms with Gasteiger partial charge in [-0.2, -0.15) is 5.26 Å². The van der Waals surface area contributed by atoms with Gasteiger partial charge in [0.25, 0.3) is 0 Å². The van der Waals surface area contributed by atoms with Crippen molar-refractivity contribution in [3.63, 3.8) is 0 Å². The number of aryl methyl sites for hydroxylation is 1. The van der Waals surface area contributed by atoms with Gasteiger partial charge in [0.1, 0.15) is 6.07 Å². The maximum atomic E-state index is 8.79. The van der Waals surface area contributed by atoms with Crippen LogP contribution in [0.3, 0.4) is 0 Å². The van der Waals surface area contributed by atoms with Gasteiger partial charge in [0.05, 0.1) is 11.3 Å². The van der Waals surface area contributed by atoms with Crippen molar-refractivity contribution in [2.75, 3.05) is 11.9 Å². The van der Waals surface area contributed by atoms with Crippen molar-refractivity contribution in [3.8, 4) is 6.07 Å². The molecule has 0 aromatic heterocycles. The third-order valence-electron chi connectivity index (χ3n) is 1.73. The first kappa shape index (κ1) is 9.34. The summed E-state index contributed by atoms with van der Waals surface area (Å²) in [5.74, 6) is 0. The van der Waals surface area contributed by atoms with Crippen LogP contribution in [0.25, 0.3) is 0 Å². The van der Waals surface area contributed by atoms with Crippen LogP contribution in [0.2, 0.25) is 0 Å². The Labute approximate surface area is 78.5 Å². The third-order valence-corrected chi connectivity index (χ3v) is 1.73. The minimum absolute atomic E-state index is 0.674. The highest BCUT2D eigenvalue weighted by Crippen LogP contribution is 2.15. The average molecular weight is 172 g/mol. The second kappa shape index (κ2) is 4.32. The molecule has 1 aromatic rings. The lowest BCUT2D eigenvalue weighted by atomic mass is 10.1. The quantitative estimate of drug-likeness (QED) is 0.711. The van der Waals surface area contributed by atoms with Crippen LogP contribution in [0.5, 0.6) is 0 Å². The lowest BCUT2D eigenvalue weighted by Gasteiger charge is -2.06. The van der Waals surface area contributed by atoms with Crippen LogP contribution in [0.15, 0.2) is 30.9 Å². The number of nitrogens with one attached hydrogen (secondary N) is 1. The number of benzene rings is 1. The van der Waals surface area contributed by atoms with Gasteiger partial charge in [-0.1, -0.05) is 12.1 Å². The molecule has 13 heavy (non-hydrogen) atoms. The van der Waals surface area contributed by atoms with E-state index in [0.717, 1.165) is 11.3 Å². The van der Waals surface area contributed by atoms with E-state index in [-0.39, 0.29) is 0 Å². The largest absolute Gasteiger partial charge is 0.381 e. The van der Waals surface area contributed by atoms with Crippen LogP contribution in [0.1, 0.15) is 11.1 Å². The topological polar surface area (TPSA) is 35.8 Å². The van der Waals surface area contributed by atoms with Gasteiger partial charge in [0.15, 0.2) is 0 Å². The lowest BCUT2D eigenvalue weighted by Crippen LogP contribution is -2.00. The van der Waals surface area contributed by atoms with E-state index < -0.39 is 0 Å². The molecule has 0 aliphatic rings. The summed E-state index contributed by atoms with van der Waals surface area (Å²) >= 11 is 0. The first-order valence-electron chi connectivity index (χ1n) is 4.13. The van der Waals surface area contributed by atoms with Crippen LogP contribution >= 0.6 is 0 Å². The Bertz CT molecular complexity index is 348. The summed E-state index contributed by atoms with van der Waals surface area (Å²) in [4.78, 5) is 0. The molecule has 0 saturated carbocycles. The molecule has 66 valence electrons. The molecule has 0 aliphatic heterocycles. The molecule has 0 fully saturated rings. The Hall–Kier alpha value is -1.75. The molecule has 0 bridgehead atoms. The van der Waals surface area contributed by atoms with Crippen LogP contribution in [-0.2, 0) is 0 Å². The highest BCUT2D eigenvalue weighted by Gasteiger charge is 1.99. The molecular formula is C11H12N2. The number of rotatable bonds is 3. The SMILES string of the molecule is C=CCNc1cc(C)ccc1C#N. The van der Waals surface area contributed by atoms with Crippen molar-refractivity contribution in [1.82, 2.24) is 0 Å². The maximum absolute atomic E-state index is 8.79. The first-order chi connectivity index (χ1) is 6.27. The van der Waals surface area contributed by atoms with Gasteiger partial charge < -0.3 is 5.32 Å². The molecule has 0 saturated heterocycles. The van der Waals surface area contributed by atoms with E-state index in [1.54, 1.807) is 6.08 Å². The summed E-state index contributed by atoms with van der Waals surface area (Å²) in [5, 5.41) is 11.9. The van der Waals surface area contributed by atoms with E-state index >= 15 is 0 Å². The maximum Gasteiger partial charge on any atom is 0.101 e. The lowest BCUT2D eigenvalue weighted by molar-refractivity contribution is 1.31. The van der Waals surface area contributed by atoms with Crippen molar-refractivity contribution in [1.29, 1.82) is 5.26 Å². The Kier molecular flexibility index (Phi) is 3.10. The molecule has 1 N–H and O–H groups in total. The zero-order valence-electron chi connectivity index (χ0n) is 7.67. The zero-order valence-corrected chi connectivity index (χ0v) is 7.67. The zero-order chi connectivity index (χ0) is 9.68. The van der Waals surface area contributed by atoms with E-state index in [2.05, 4.69) is 18.0 Å². The van der Waals surface area contributed by atoms with Gasteiger partial charge in [-0.05, 0) is 24.6 Å². The molecular weight excluding hydrogens is 160 g/mol. The Morgan fingerprint density at radius 3 is 3.00 bits per heavy atom. The van der Waals surface area contributed by atoms with Gasteiger partial charge in [0, 0.05) is 6.54 Å². The summed E-state index contributed by atoms with van der Waals surface area (Å²) in [5.41, 5.74) is 2.69. The molecule has 0 radical (unpaired) electrons.